The van der Waals surface area contributed by atoms with Crippen molar-refractivity contribution in [1.82, 2.24) is 9.97 Å². The van der Waals surface area contributed by atoms with Crippen LogP contribution in [0.25, 0.3) is 6.08 Å². The van der Waals surface area contributed by atoms with Crippen molar-refractivity contribution in [3.8, 4) is 0 Å². The van der Waals surface area contributed by atoms with Crippen molar-refractivity contribution in [1.29, 1.82) is 0 Å². The van der Waals surface area contributed by atoms with E-state index >= 15 is 0 Å². The van der Waals surface area contributed by atoms with Gasteiger partial charge < -0.3 is 15.5 Å². The van der Waals surface area contributed by atoms with Crippen LogP contribution >= 0.6 is 0 Å². The first kappa shape index (κ1) is 15.7. The van der Waals surface area contributed by atoms with E-state index < -0.39 is 5.91 Å². The second kappa shape index (κ2) is 6.11. The number of nitrogens with two attached hydrogens (primary N) is 1. The summed E-state index contributed by atoms with van der Waals surface area (Å²) in [6.45, 7) is 2.56. The van der Waals surface area contributed by atoms with E-state index in [1.807, 2.05) is 11.8 Å². The third-order valence-corrected chi connectivity index (χ3v) is 3.81. The van der Waals surface area contributed by atoms with Gasteiger partial charge in [0, 0.05) is 25.9 Å². The molecular weight excluding hydrogens is 306 g/mol. The fraction of sp³-hybridized carbons (Fsp3) is 0.176. The molecule has 3 rings (SSSR count). The lowest BCUT2D eigenvalue weighted by Crippen LogP contribution is -2.25. The van der Waals surface area contributed by atoms with Gasteiger partial charge in [0.15, 0.2) is 5.82 Å². The van der Waals surface area contributed by atoms with Gasteiger partial charge in [-0.05, 0) is 37.3 Å². The maximum Gasteiger partial charge on any atom is 0.261 e. The number of pyridine rings is 2. The zero-order valence-corrected chi connectivity index (χ0v) is 13.4. The van der Waals surface area contributed by atoms with Crippen molar-refractivity contribution in [3.05, 3.63) is 47.8 Å². The number of nitrogens with zero attached hydrogens (tertiary/aromatic N) is 4. The lowest BCUT2D eigenvalue weighted by atomic mass is 10.2. The highest BCUT2D eigenvalue weighted by Crippen LogP contribution is 2.37. The van der Waals surface area contributed by atoms with Crippen molar-refractivity contribution in [3.63, 3.8) is 0 Å². The molecule has 7 heteroatoms. The predicted octanol–water partition coefficient (Wildman–Crippen LogP) is 1.72. The normalized spacial score (nSPS) is 13.7. The molecule has 0 aliphatic carbocycles. The first-order valence-corrected chi connectivity index (χ1v) is 7.52. The average Bonchev–Trinajstić information content (AvgIpc) is 2.67. The summed E-state index contributed by atoms with van der Waals surface area (Å²) < 4.78 is 0. The van der Waals surface area contributed by atoms with Crippen molar-refractivity contribution >= 4 is 35.2 Å². The molecule has 1 aliphatic heterocycles. The summed E-state index contributed by atoms with van der Waals surface area (Å²) in [4.78, 5) is 36.0. The van der Waals surface area contributed by atoms with Crippen molar-refractivity contribution < 1.29 is 9.59 Å². The summed E-state index contributed by atoms with van der Waals surface area (Å²) in [5, 5.41) is 0. The lowest BCUT2D eigenvalue weighted by Gasteiger charge is -2.23. The first-order valence-electron chi connectivity index (χ1n) is 7.52. The second-order valence-electron chi connectivity index (χ2n) is 5.30. The number of carbonyl (C=O) groups is 2. The zero-order valence-electron chi connectivity index (χ0n) is 13.4. The second-order valence-corrected chi connectivity index (χ2v) is 5.30. The van der Waals surface area contributed by atoms with Crippen LogP contribution in [0.1, 0.15) is 23.0 Å². The van der Waals surface area contributed by atoms with Crippen LogP contribution in [0.5, 0.6) is 0 Å². The highest BCUT2D eigenvalue weighted by Gasteiger charge is 2.30. The average molecular weight is 323 g/mol. The zero-order chi connectivity index (χ0) is 17.3. The van der Waals surface area contributed by atoms with Crippen LogP contribution in [0.4, 0.5) is 17.3 Å². The van der Waals surface area contributed by atoms with Crippen LogP contribution in [0.3, 0.4) is 0 Å². The highest BCUT2D eigenvalue weighted by molar-refractivity contribution is 6.12. The Morgan fingerprint density at radius 2 is 2.08 bits per heavy atom. The fourth-order valence-corrected chi connectivity index (χ4v) is 2.65. The summed E-state index contributed by atoms with van der Waals surface area (Å²) in [6.07, 6.45) is 4.45. The van der Waals surface area contributed by atoms with E-state index in [2.05, 4.69) is 9.97 Å². The molecule has 1 aliphatic rings. The van der Waals surface area contributed by atoms with Gasteiger partial charge in [-0.15, -0.1) is 0 Å². The molecular formula is C17H17N5O2. The molecule has 0 radical (unpaired) electrons. The third-order valence-electron chi connectivity index (χ3n) is 3.81. The minimum Gasteiger partial charge on any atom is -0.366 e. The standard InChI is InChI=1S/C17H17N5O2/c1-3-22-15-12(5-4-10-19-15)17(24)21(2)13-8-6-11(20-16(13)22)7-9-14(18)23/h4-10H,3H2,1-2H3,(H2,18,23)/b9-7+. The van der Waals surface area contributed by atoms with Crippen LogP contribution in [0, 0.1) is 0 Å². The van der Waals surface area contributed by atoms with E-state index in [4.69, 9.17) is 5.73 Å². The van der Waals surface area contributed by atoms with E-state index in [1.54, 1.807) is 48.5 Å². The molecule has 2 amide bonds. The lowest BCUT2D eigenvalue weighted by molar-refractivity contribution is -0.113. The summed E-state index contributed by atoms with van der Waals surface area (Å²) in [5.74, 6) is 0.493. The Morgan fingerprint density at radius 3 is 2.79 bits per heavy atom. The maximum atomic E-state index is 12.7. The summed E-state index contributed by atoms with van der Waals surface area (Å²) in [5.41, 5.74) is 6.91. The molecule has 3 heterocycles. The molecule has 7 nitrogen and oxygen atoms in total. The molecule has 0 atom stereocenters. The number of hydrogen-bond acceptors (Lipinski definition) is 5. The topological polar surface area (TPSA) is 92.4 Å². The molecule has 122 valence electrons. The van der Waals surface area contributed by atoms with Crippen LogP contribution < -0.4 is 15.5 Å². The summed E-state index contributed by atoms with van der Waals surface area (Å²) in [6, 6.07) is 7.03. The Kier molecular flexibility index (Phi) is 3.99. The van der Waals surface area contributed by atoms with Crippen molar-refractivity contribution in [2.45, 2.75) is 6.92 Å². The van der Waals surface area contributed by atoms with Gasteiger partial charge in [0.05, 0.1) is 16.9 Å². The van der Waals surface area contributed by atoms with E-state index in [-0.39, 0.29) is 5.91 Å². The summed E-state index contributed by atoms with van der Waals surface area (Å²) >= 11 is 0. The highest BCUT2D eigenvalue weighted by atomic mass is 16.2. The number of hydrogen-bond donors (Lipinski definition) is 1. The number of carbonyl (C=O) groups excluding carboxylic acids is 2. The summed E-state index contributed by atoms with van der Waals surface area (Å²) in [7, 11) is 1.71. The number of amides is 2. The molecule has 0 spiro atoms. The number of aromatic nitrogens is 2. The van der Waals surface area contributed by atoms with Gasteiger partial charge in [-0.1, -0.05) is 0 Å². The van der Waals surface area contributed by atoms with Crippen LogP contribution in [0.2, 0.25) is 0 Å². The Morgan fingerprint density at radius 1 is 1.29 bits per heavy atom. The Bertz CT molecular complexity index is 847. The number of fused-ring (bicyclic) bond motifs is 2. The van der Waals surface area contributed by atoms with Gasteiger partial charge in [-0.2, -0.15) is 0 Å². The molecule has 0 saturated heterocycles. The van der Waals surface area contributed by atoms with Crippen molar-refractivity contribution in [2.75, 3.05) is 23.4 Å². The quantitative estimate of drug-likeness (QED) is 0.868. The van der Waals surface area contributed by atoms with E-state index in [1.165, 1.54) is 6.08 Å². The van der Waals surface area contributed by atoms with Gasteiger partial charge in [-0.25, -0.2) is 9.97 Å². The van der Waals surface area contributed by atoms with Gasteiger partial charge in [0.1, 0.15) is 5.82 Å². The number of rotatable bonds is 3. The van der Waals surface area contributed by atoms with Crippen LogP contribution in [-0.2, 0) is 4.79 Å². The molecule has 0 fully saturated rings. The monoisotopic (exact) mass is 323 g/mol. The Labute approximate surface area is 139 Å². The van der Waals surface area contributed by atoms with Gasteiger partial charge in [0.2, 0.25) is 5.91 Å². The maximum absolute atomic E-state index is 12.7. The van der Waals surface area contributed by atoms with Gasteiger partial charge in [0.25, 0.3) is 5.91 Å². The first-order chi connectivity index (χ1) is 11.5. The largest absolute Gasteiger partial charge is 0.366 e. The minimum atomic E-state index is -0.543. The molecule has 0 saturated carbocycles. The van der Waals surface area contributed by atoms with Crippen LogP contribution in [-0.4, -0.2) is 35.4 Å². The molecule has 24 heavy (non-hydrogen) atoms. The molecule has 0 unspecified atom stereocenters. The van der Waals surface area contributed by atoms with E-state index in [0.29, 0.717) is 35.1 Å². The van der Waals surface area contributed by atoms with Gasteiger partial charge in [-0.3, -0.25) is 9.59 Å². The number of anilines is 3. The molecule has 2 aromatic heterocycles. The van der Waals surface area contributed by atoms with Crippen molar-refractivity contribution in [2.24, 2.45) is 5.73 Å². The fourth-order valence-electron chi connectivity index (χ4n) is 2.65. The third kappa shape index (κ3) is 2.60. The van der Waals surface area contributed by atoms with E-state index in [0.717, 1.165) is 0 Å². The van der Waals surface area contributed by atoms with E-state index in [9.17, 15) is 9.59 Å². The Hall–Kier alpha value is -3.22. The smallest absolute Gasteiger partial charge is 0.261 e. The Balaban J connectivity index is 2.20. The molecule has 0 bridgehead atoms. The minimum absolute atomic E-state index is 0.141. The molecule has 2 aromatic rings. The molecule has 0 aromatic carbocycles. The number of primary amides is 1. The predicted molar refractivity (Wildman–Crippen MR) is 92.1 cm³/mol. The van der Waals surface area contributed by atoms with Crippen LogP contribution in [0.15, 0.2) is 36.5 Å². The SMILES string of the molecule is CCN1c2ncccc2C(=O)N(C)c2ccc(/C=C/C(N)=O)nc21. The molecule has 2 N–H and O–H groups in total. The van der Waals surface area contributed by atoms with Gasteiger partial charge >= 0.3 is 0 Å².